The Bertz CT molecular complexity index is 555. The van der Waals surface area contributed by atoms with Crippen LogP contribution in [0.1, 0.15) is 0 Å². The SMILES string of the molecule is COc1ccc(NC(=O)CSC2NNCC(=O)N2)c(OC)c1. The third-order valence-electron chi connectivity index (χ3n) is 2.84. The highest BCUT2D eigenvalue weighted by atomic mass is 32.2. The number of hydrogen-bond donors (Lipinski definition) is 4. The molecular weight excluding hydrogens is 308 g/mol. The van der Waals surface area contributed by atoms with Gasteiger partial charge in [0.15, 0.2) is 0 Å². The van der Waals surface area contributed by atoms with E-state index in [2.05, 4.69) is 21.5 Å². The average molecular weight is 326 g/mol. The Hall–Kier alpha value is -1.97. The van der Waals surface area contributed by atoms with Crippen molar-refractivity contribution < 1.29 is 19.1 Å². The summed E-state index contributed by atoms with van der Waals surface area (Å²) in [6, 6.07) is 5.14. The normalized spacial score (nSPS) is 17.5. The van der Waals surface area contributed by atoms with Gasteiger partial charge in [0.1, 0.15) is 17.0 Å². The predicted molar refractivity (Wildman–Crippen MR) is 83.7 cm³/mol. The molecule has 2 rings (SSSR count). The molecule has 0 bridgehead atoms. The molecule has 1 heterocycles. The van der Waals surface area contributed by atoms with E-state index in [-0.39, 0.29) is 29.6 Å². The highest BCUT2D eigenvalue weighted by Gasteiger charge is 2.18. The fourth-order valence-corrected chi connectivity index (χ4v) is 2.56. The maximum atomic E-state index is 12.0. The molecular formula is C13H18N4O4S. The predicted octanol–water partition coefficient (Wildman–Crippen LogP) is -0.117. The lowest BCUT2D eigenvalue weighted by Gasteiger charge is -2.24. The van der Waals surface area contributed by atoms with Crippen LogP contribution < -0.4 is 31.0 Å². The number of nitrogens with one attached hydrogen (secondary N) is 4. The molecule has 22 heavy (non-hydrogen) atoms. The van der Waals surface area contributed by atoms with Crippen LogP contribution in [0.15, 0.2) is 18.2 Å². The molecule has 1 atom stereocenters. The summed E-state index contributed by atoms with van der Waals surface area (Å²) in [7, 11) is 3.08. The molecule has 2 amide bonds. The second-order valence-corrected chi connectivity index (χ2v) is 5.46. The van der Waals surface area contributed by atoms with Crippen molar-refractivity contribution in [2.75, 3.05) is 31.8 Å². The number of anilines is 1. The van der Waals surface area contributed by atoms with Crippen molar-refractivity contribution in [3.63, 3.8) is 0 Å². The van der Waals surface area contributed by atoms with Crippen LogP contribution in [0.2, 0.25) is 0 Å². The number of thioether (sulfide) groups is 1. The van der Waals surface area contributed by atoms with Gasteiger partial charge in [0.05, 0.1) is 32.2 Å². The Morgan fingerprint density at radius 1 is 1.41 bits per heavy atom. The lowest BCUT2D eigenvalue weighted by molar-refractivity contribution is -0.122. The van der Waals surface area contributed by atoms with E-state index in [1.165, 1.54) is 18.9 Å². The van der Waals surface area contributed by atoms with E-state index in [4.69, 9.17) is 9.47 Å². The molecule has 1 aliphatic heterocycles. The van der Waals surface area contributed by atoms with Crippen molar-refractivity contribution in [3.8, 4) is 11.5 Å². The Labute approximate surface area is 132 Å². The zero-order valence-corrected chi connectivity index (χ0v) is 13.1. The number of methoxy groups -OCH3 is 2. The van der Waals surface area contributed by atoms with E-state index in [0.717, 1.165) is 0 Å². The van der Waals surface area contributed by atoms with Crippen molar-refractivity contribution in [1.82, 2.24) is 16.2 Å². The first kappa shape index (κ1) is 16.4. The Balaban J connectivity index is 1.87. The minimum Gasteiger partial charge on any atom is -0.497 e. The molecule has 1 aliphatic rings. The van der Waals surface area contributed by atoms with Gasteiger partial charge in [0.2, 0.25) is 11.8 Å². The van der Waals surface area contributed by atoms with E-state index in [0.29, 0.717) is 17.2 Å². The van der Waals surface area contributed by atoms with Gasteiger partial charge in [0, 0.05) is 6.07 Å². The first-order chi connectivity index (χ1) is 10.6. The number of ether oxygens (including phenoxy) is 2. The van der Waals surface area contributed by atoms with Crippen LogP contribution in [0.25, 0.3) is 0 Å². The average Bonchev–Trinajstić information content (AvgIpc) is 2.53. The summed E-state index contributed by atoms with van der Waals surface area (Å²) in [4.78, 5) is 23.2. The number of amides is 2. The van der Waals surface area contributed by atoms with Crippen LogP contribution in [0, 0.1) is 0 Å². The second kappa shape index (κ2) is 7.87. The minimum atomic E-state index is -0.343. The summed E-state index contributed by atoms with van der Waals surface area (Å²) >= 11 is 1.27. The summed E-state index contributed by atoms with van der Waals surface area (Å²) in [5, 5.41) is 5.46. The number of hydrazine groups is 1. The molecule has 0 aliphatic carbocycles. The van der Waals surface area contributed by atoms with Gasteiger partial charge in [-0.25, -0.2) is 10.9 Å². The number of benzene rings is 1. The third-order valence-corrected chi connectivity index (χ3v) is 3.84. The Morgan fingerprint density at radius 2 is 2.23 bits per heavy atom. The first-order valence-electron chi connectivity index (χ1n) is 6.53. The molecule has 1 aromatic carbocycles. The molecule has 4 N–H and O–H groups in total. The molecule has 8 nitrogen and oxygen atoms in total. The fraction of sp³-hybridized carbons (Fsp3) is 0.385. The number of carbonyl (C=O) groups excluding carboxylic acids is 2. The highest BCUT2D eigenvalue weighted by molar-refractivity contribution is 8.00. The van der Waals surface area contributed by atoms with Gasteiger partial charge in [-0.15, -0.1) is 11.8 Å². The molecule has 0 spiro atoms. The fourth-order valence-electron chi connectivity index (χ4n) is 1.79. The molecule has 120 valence electrons. The van der Waals surface area contributed by atoms with E-state index in [9.17, 15) is 9.59 Å². The largest absolute Gasteiger partial charge is 0.497 e. The summed E-state index contributed by atoms with van der Waals surface area (Å²) in [5.74, 6) is 1.02. The monoisotopic (exact) mass is 326 g/mol. The van der Waals surface area contributed by atoms with E-state index in [1.807, 2.05) is 0 Å². The highest BCUT2D eigenvalue weighted by Crippen LogP contribution is 2.29. The van der Waals surface area contributed by atoms with Gasteiger partial charge < -0.3 is 20.1 Å². The second-order valence-electron chi connectivity index (χ2n) is 4.37. The molecule has 1 fully saturated rings. The standard InChI is InChI=1S/C13H18N4O4S/c1-20-8-3-4-9(10(5-8)21-2)15-12(19)7-22-13-16-11(18)6-14-17-13/h3-5,13-14,17H,6-7H2,1-2H3,(H,15,19)(H,16,18). The van der Waals surface area contributed by atoms with Crippen molar-refractivity contribution >= 4 is 29.3 Å². The van der Waals surface area contributed by atoms with Gasteiger partial charge in [-0.05, 0) is 12.1 Å². The van der Waals surface area contributed by atoms with Crippen LogP contribution in [-0.2, 0) is 9.59 Å². The summed E-state index contributed by atoms with van der Waals surface area (Å²) < 4.78 is 10.3. The molecule has 0 aromatic heterocycles. The Kier molecular flexibility index (Phi) is 5.87. The minimum absolute atomic E-state index is 0.117. The Morgan fingerprint density at radius 3 is 2.91 bits per heavy atom. The maximum Gasteiger partial charge on any atom is 0.237 e. The molecule has 1 aromatic rings. The molecule has 0 radical (unpaired) electrons. The zero-order chi connectivity index (χ0) is 15.9. The summed E-state index contributed by atoms with van der Waals surface area (Å²) in [6.45, 7) is 0.215. The number of hydrogen-bond acceptors (Lipinski definition) is 7. The van der Waals surface area contributed by atoms with E-state index >= 15 is 0 Å². The molecule has 1 unspecified atom stereocenters. The number of rotatable bonds is 6. The summed E-state index contributed by atoms with van der Waals surface area (Å²) in [6.07, 6.45) is 0. The van der Waals surface area contributed by atoms with Crippen LogP contribution >= 0.6 is 11.8 Å². The smallest absolute Gasteiger partial charge is 0.237 e. The lowest BCUT2D eigenvalue weighted by Crippen LogP contribution is -2.58. The van der Waals surface area contributed by atoms with Crippen LogP contribution in [0.4, 0.5) is 5.69 Å². The molecule has 9 heteroatoms. The summed E-state index contributed by atoms with van der Waals surface area (Å²) in [5.41, 5.74) is 5.83. The van der Waals surface area contributed by atoms with Crippen LogP contribution in [0.3, 0.4) is 0 Å². The van der Waals surface area contributed by atoms with Crippen molar-refractivity contribution in [3.05, 3.63) is 18.2 Å². The van der Waals surface area contributed by atoms with Gasteiger partial charge in [-0.2, -0.15) is 0 Å². The van der Waals surface area contributed by atoms with E-state index < -0.39 is 0 Å². The number of carbonyl (C=O) groups is 2. The third kappa shape index (κ3) is 4.52. The first-order valence-corrected chi connectivity index (χ1v) is 7.58. The van der Waals surface area contributed by atoms with Crippen LogP contribution in [-0.4, -0.2) is 43.8 Å². The van der Waals surface area contributed by atoms with Gasteiger partial charge in [-0.1, -0.05) is 0 Å². The van der Waals surface area contributed by atoms with Crippen molar-refractivity contribution in [2.45, 2.75) is 5.50 Å². The van der Waals surface area contributed by atoms with Gasteiger partial charge in [0.25, 0.3) is 0 Å². The van der Waals surface area contributed by atoms with Gasteiger partial charge >= 0.3 is 0 Å². The topological polar surface area (TPSA) is 101 Å². The molecule has 0 saturated carbocycles. The zero-order valence-electron chi connectivity index (χ0n) is 12.3. The quantitative estimate of drug-likeness (QED) is 0.578. The van der Waals surface area contributed by atoms with Gasteiger partial charge in [-0.3, -0.25) is 9.59 Å². The lowest BCUT2D eigenvalue weighted by atomic mass is 10.2. The maximum absolute atomic E-state index is 12.0. The van der Waals surface area contributed by atoms with Crippen molar-refractivity contribution in [1.29, 1.82) is 0 Å². The van der Waals surface area contributed by atoms with Crippen molar-refractivity contribution in [2.24, 2.45) is 0 Å². The van der Waals surface area contributed by atoms with E-state index in [1.54, 1.807) is 25.3 Å². The van der Waals surface area contributed by atoms with Crippen LogP contribution in [0.5, 0.6) is 11.5 Å². The molecule has 1 saturated heterocycles.